The van der Waals surface area contributed by atoms with Crippen molar-refractivity contribution in [3.8, 4) is 0 Å². The molecule has 1 aliphatic carbocycles. The minimum atomic E-state index is 0.254. The molecule has 0 radical (unpaired) electrons. The van der Waals surface area contributed by atoms with E-state index < -0.39 is 0 Å². The van der Waals surface area contributed by atoms with Crippen molar-refractivity contribution in [2.24, 2.45) is 11.3 Å². The van der Waals surface area contributed by atoms with Crippen molar-refractivity contribution in [2.75, 3.05) is 6.61 Å². The molecular formula is C12H25NO. The monoisotopic (exact) mass is 199 g/mol. The van der Waals surface area contributed by atoms with Gasteiger partial charge in [-0.05, 0) is 24.2 Å². The van der Waals surface area contributed by atoms with E-state index in [0.717, 1.165) is 0 Å². The van der Waals surface area contributed by atoms with Gasteiger partial charge in [0.15, 0.2) is 0 Å². The van der Waals surface area contributed by atoms with Crippen molar-refractivity contribution in [1.82, 2.24) is 5.32 Å². The Balaban J connectivity index is 2.50. The van der Waals surface area contributed by atoms with Gasteiger partial charge in [-0.3, -0.25) is 0 Å². The van der Waals surface area contributed by atoms with Gasteiger partial charge in [-0.1, -0.05) is 34.1 Å². The molecule has 0 aromatic carbocycles. The Morgan fingerprint density at radius 2 is 2.07 bits per heavy atom. The summed E-state index contributed by atoms with van der Waals surface area (Å²) >= 11 is 0. The second-order valence-corrected chi connectivity index (χ2v) is 5.63. The van der Waals surface area contributed by atoms with E-state index in [4.69, 9.17) is 0 Å². The van der Waals surface area contributed by atoms with Crippen LogP contribution in [0, 0.1) is 11.3 Å². The Bertz CT molecular complexity index is 177. The van der Waals surface area contributed by atoms with Crippen LogP contribution in [0.4, 0.5) is 0 Å². The van der Waals surface area contributed by atoms with Crippen molar-refractivity contribution in [3.63, 3.8) is 0 Å². The summed E-state index contributed by atoms with van der Waals surface area (Å²) < 4.78 is 0. The van der Waals surface area contributed by atoms with Crippen LogP contribution in [-0.2, 0) is 0 Å². The number of hydrogen-bond donors (Lipinski definition) is 2. The van der Waals surface area contributed by atoms with Crippen LogP contribution in [-0.4, -0.2) is 23.8 Å². The zero-order valence-corrected chi connectivity index (χ0v) is 10.0. The van der Waals surface area contributed by atoms with Gasteiger partial charge in [-0.2, -0.15) is 0 Å². The number of aliphatic hydroxyl groups excluding tert-OH is 1. The highest BCUT2D eigenvalue weighted by atomic mass is 16.3. The summed E-state index contributed by atoms with van der Waals surface area (Å²) in [5.41, 5.74) is 0.405. The first-order valence-electron chi connectivity index (χ1n) is 5.84. The predicted molar refractivity (Wildman–Crippen MR) is 60.3 cm³/mol. The Morgan fingerprint density at radius 1 is 1.43 bits per heavy atom. The van der Waals surface area contributed by atoms with Gasteiger partial charge >= 0.3 is 0 Å². The Hall–Kier alpha value is -0.0800. The molecular weight excluding hydrogens is 174 g/mol. The third kappa shape index (κ3) is 2.71. The molecule has 2 atom stereocenters. The van der Waals surface area contributed by atoms with Crippen molar-refractivity contribution < 1.29 is 5.11 Å². The van der Waals surface area contributed by atoms with E-state index in [-0.39, 0.29) is 12.6 Å². The molecule has 0 aromatic rings. The van der Waals surface area contributed by atoms with E-state index in [1.54, 1.807) is 0 Å². The molecule has 2 heteroatoms. The average Bonchev–Trinajstić information content (AvgIpc) is 2.40. The zero-order chi connectivity index (χ0) is 10.8. The maximum absolute atomic E-state index is 9.26. The topological polar surface area (TPSA) is 32.3 Å². The summed E-state index contributed by atoms with van der Waals surface area (Å²) in [6.45, 7) is 9.23. The van der Waals surface area contributed by atoms with Crippen molar-refractivity contribution in [1.29, 1.82) is 0 Å². The fourth-order valence-electron chi connectivity index (χ4n) is 2.35. The third-order valence-electron chi connectivity index (χ3n) is 3.67. The summed E-state index contributed by atoms with van der Waals surface area (Å²) in [5, 5.41) is 12.9. The molecule has 0 saturated heterocycles. The van der Waals surface area contributed by atoms with Crippen LogP contribution in [0.3, 0.4) is 0 Å². The van der Waals surface area contributed by atoms with E-state index in [0.29, 0.717) is 17.4 Å². The van der Waals surface area contributed by atoms with E-state index in [1.807, 2.05) is 0 Å². The molecule has 1 fully saturated rings. The number of hydrogen-bond acceptors (Lipinski definition) is 2. The SMILES string of the molecule is CC(C)[C@@H](CO)NC1CCCC1(C)C. The van der Waals surface area contributed by atoms with E-state index in [9.17, 15) is 5.11 Å². The first-order chi connectivity index (χ1) is 6.47. The van der Waals surface area contributed by atoms with Crippen LogP contribution >= 0.6 is 0 Å². The van der Waals surface area contributed by atoms with E-state index in [2.05, 4.69) is 33.0 Å². The molecule has 0 aliphatic heterocycles. The second-order valence-electron chi connectivity index (χ2n) is 5.63. The number of aliphatic hydroxyl groups is 1. The van der Waals surface area contributed by atoms with Crippen molar-refractivity contribution >= 4 is 0 Å². The lowest BCUT2D eigenvalue weighted by Crippen LogP contribution is -2.47. The van der Waals surface area contributed by atoms with Crippen LogP contribution < -0.4 is 5.32 Å². The largest absolute Gasteiger partial charge is 0.395 e. The molecule has 0 heterocycles. The zero-order valence-electron chi connectivity index (χ0n) is 10.0. The maximum Gasteiger partial charge on any atom is 0.0587 e. The van der Waals surface area contributed by atoms with Gasteiger partial charge in [0.1, 0.15) is 0 Å². The highest BCUT2D eigenvalue weighted by Gasteiger charge is 2.35. The summed E-state index contributed by atoms with van der Waals surface area (Å²) in [7, 11) is 0. The quantitative estimate of drug-likeness (QED) is 0.727. The van der Waals surface area contributed by atoms with Gasteiger partial charge in [0.05, 0.1) is 6.61 Å². The molecule has 1 saturated carbocycles. The highest BCUT2D eigenvalue weighted by Crippen LogP contribution is 2.37. The lowest BCUT2D eigenvalue weighted by atomic mass is 9.86. The lowest BCUT2D eigenvalue weighted by Gasteiger charge is -2.33. The molecule has 0 spiro atoms. The minimum Gasteiger partial charge on any atom is -0.395 e. The molecule has 0 amide bonds. The molecule has 84 valence electrons. The summed E-state index contributed by atoms with van der Waals surface area (Å²) in [6, 6.07) is 0.847. The van der Waals surface area contributed by atoms with Crippen LogP contribution in [0.25, 0.3) is 0 Å². The summed E-state index contributed by atoms with van der Waals surface area (Å²) in [4.78, 5) is 0. The summed E-state index contributed by atoms with van der Waals surface area (Å²) in [5.74, 6) is 0.511. The second kappa shape index (κ2) is 4.63. The Morgan fingerprint density at radius 3 is 2.43 bits per heavy atom. The van der Waals surface area contributed by atoms with Gasteiger partial charge in [-0.15, -0.1) is 0 Å². The average molecular weight is 199 g/mol. The highest BCUT2D eigenvalue weighted by molar-refractivity contribution is 4.92. The fraction of sp³-hybridized carbons (Fsp3) is 1.00. The van der Waals surface area contributed by atoms with Gasteiger partial charge in [-0.25, -0.2) is 0 Å². The first-order valence-corrected chi connectivity index (χ1v) is 5.84. The smallest absolute Gasteiger partial charge is 0.0587 e. The molecule has 2 N–H and O–H groups in total. The van der Waals surface area contributed by atoms with Crippen LogP contribution in [0.15, 0.2) is 0 Å². The number of rotatable bonds is 4. The van der Waals surface area contributed by atoms with Gasteiger partial charge in [0, 0.05) is 12.1 Å². The maximum atomic E-state index is 9.26. The van der Waals surface area contributed by atoms with Gasteiger partial charge in [0.2, 0.25) is 0 Å². The van der Waals surface area contributed by atoms with Crippen LogP contribution in [0.2, 0.25) is 0 Å². The molecule has 2 nitrogen and oxygen atoms in total. The lowest BCUT2D eigenvalue weighted by molar-refractivity contribution is 0.170. The van der Waals surface area contributed by atoms with E-state index >= 15 is 0 Å². The summed E-state index contributed by atoms with van der Waals surface area (Å²) in [6.07, 6.45) is 3.89. The first kappa shape index (κ1) is 12.0. The minimum absolute atomic E-state index is 0.254. The molecule has 1 aliphatic rings. The normalized spacial score (nSPS) is 28.3. The molecule has 0 bridgehead atoms. The molecule has 0 aromatic heterocycles. The molecule has 1 rings (SSSR count). The predicted octanol–water partition coefficient (Wildman–Crippen LogP) is 2.17. The van der Waals surface area contributed by atoms with Gasteiger partial charge < -0.3 is 10.4 Å². The van der Waals surface area contributed by atoms with Crippen LogP contribution in [0.1, 0.15) is 47.0 Å². The molecule has 14 heavy (non-hydrogen) atoms. The third-order valence-corrected chi connectivity index (χ3v) is 3.67. The standard InChI is InChI=1S/C12H25NO/c1-9(2)10(8-14)13-11-6-5-7-12(11,3)4/h9-11,13-14H,5-8H2,1-4H3/t10-,11?/m1/s1. The van der Waals surface area contributed by atoms with Crippen molar-refractivity contribution in [3.05, 3.63) is 0 Å². The Kier molecular flexibility index (Phi) is 3.96. The Labute approximate surface area is 88.1 Å². The van der Waals surface area contributed by atoms with E-state index in [1.165, 1.54) is 19.3 Å². The van der Waals surface area contributed by atoms with Crippen molar-refractivity contribution in [2.45, 2.75) is 59.0 Å². The van der Waals surface area contributed by atoms with Crippen LogP contribution in [0.5, 0.6) is 0 Å². The van der Waals surface area contributed by atoms with Gasteiger partial charge in [0.25, 0.3) is 0 Å². The number of nitrogens with one attached hydrogen (secondary N) is 1. The fourth-order valence-corrected chi connectivity index (χ4v) is 2.35. The molecule has 1 unspecified atom stereocenters.